The third-order valence-electron chi connectivity index (χ3n) is 5.99. The Morgan fingerprint density at radius 1 is 1.18 bits per heavy atom. The number of carbonyl (C=O) groups excluding carboxylic acids is 3. The Balaban J connectivity index is 2.19. The minimum absolute atomic E-state index is 0.0000155. The lowest BCUT2D eigenvalue weighted by molar-refractivity contribution is -0.151. The van der Waals surface area contributed by atoms with E-state index in [0.717, 1.165) is 5.56 Å². The summed E-state index contributed by atoms with van der Waals surface area (Å²) in [4.78, 5) is 38.2. The van der Waals surface area contributed by atoms with Crippen molar-refractivity contribution in [3.63, 3.8) is 0 Å². The highest BCUT2D eigenvalue weighted by molar-refractivity contribution is 5.86. The Morgan fingerprint density at radius 3 is 2.53 bits per heavy atom. The number of nitrogens with one attached hydrogen (secondary N) is 2. The summed E-state index contributed by atoms with van der Waals surface area (Å²) in [5.41, 5.74) is 0.466. The third kappa shape index (κ3) is 9.25. The van der Waals surface area contributed by atoms with Gasteiger partial charge in [0, 0.05) is 13.0 Å². The molecule has 1 aromatic carbocycles. The zero-order valence-electron chi connectivity index (χ0n) is 20.3. The highest BCUT2D eigenvalue weighted by Crippen LogP contribution is 2.24. The largest absolute Gasteiger partial charge is 0.463 e. The van der Waals surface area contributed by atoms with Crippen LogP contribution >= 0.6 is 0 Å². The maximum atomic E-state index is 13.3. The fourth-order valence-corrected chi connectivity index (χ4v) is 3.74. The average Bonchev–Trinajstić information content (AvgIpc) is 2.79. The van der Waals surface area contributed by atoms with Gasteiger partial charge in [-0.3, -0.25) is 14.4 Å². The second-order valence-corrected chi connectivity index (χ2v) is 9.84. The van der Waals surface area contributed by atoms with Gasteiger partial charge in [-0.2, -0.15) is 0 Å². The molecule has 1 heterocycles. The van der Waals surface area contributed by atoms with Crippen LogP contribution in [-0.2, 0) is 25.5 Å². The molecule has 0 aromatic heterocycles. The number of hydrogen-bond donors (Lipinski definition) is 3. The van der Waals surface area contributed by atoms with Gasteiger partial charge in [-0.05, 0) is 48.8 Å². The number of carbonyl (C=O) groups is 3. The summed E-state index contributed by atoms with van der Waals surface area (Å²) in [5.74, 6) is -2.22. The predicted octanol–water partition coefficient (Wildman–Crippen LogP) is 2.91. The van der Waals surface area contributed by atoms with Gasteiger partial charge in [0.05, 0.1) is 24.5 Å². The molecule has 0 unspecified atom stereocenters. The Kier molecular flexibility index (Phi) is 10.7. The number of ether oxygens (including phenoxy) is 1. The van der Waals surface area contributed by atoms with E-state index in [1.807, 2.05) is 32.9 Å². The number of allylic oxidation sites excluding steroid dienone is 2. The molecule has 0 fully saturated rings. The molecule has 0 saturated heterocycles. The molecule has 34 heavy (non-hydrogen) atoms. The second-order valence-electron chi connectivity index (χ2n) is 9.84. The van der Waals surface area contributed by atoms with Gasteiger partial charge >= 0.3 is 5.97 Å². The smallest absolute Gasteiger partial charge is 0.309 e. The van der Waals surface area contributed by atoms with E-state index in [-0.39, 0.29) is 55.2 Å². The van der Waals surface area contributed by atoms with Crippen LogP contribution in [0.4, 0.5) is 4.39 Å². The first-order valence-electron chi connectivity index (χ1n) is 11.8. The Hall–Kier alpha value is -2.74. The van der Waals surface area contributed by atoms with Crippen molar-refractivity contribution in [3.8, 4) is 0 Å². The quantitative estimate of drug-likeness (QED) is 0.433. The van der Waals surface area contributed by atoms with Crippen molar-refractivity contribution >= 4 is 17.8 Å². The van der Waals surface area contributed by atoms with Crippen LogP contribution in [0, 0.1) is 23.1 Å². The van der Waals surface area contributed by atoms with E-state index in [1.165, 1.54) is 12.1 Å². The van der Waals surface area contributed by atoms with Gasteiger partial charge in [-0.15, -0.1) is 0 Å². The number of benzene rings is 1. The van der Waals surface area contributed by atoms with Gasteiger partial charge in [-0.25, -0.2) is 4.39 Å². The van der Waals surface area contributed by atoms with E-state index >= 15 is 0 Å². The average molecular weight is 477 g/mol. The van der Waals surface area contributed by atoms with Crippen LogP contribution in [0.1, 0.15) is 52.0 Å². The highest BCUT2D eigenvalue weighted by atomic mass is 19.1. The van der Waals surface area contributed by atoms with Crippen LogP contribution in [0.2, 0.25) is 0 Å². The number of esters is 1. The first-order chi connectivity index (χ1) is 16.1. The summed E-state index contributed by atoms with van der Waals surface area (Å²) in [6.07, 6.45) is 5.76. The molecule has 7 nitrogen and oxygen atoms in total. The molecule has 2 rings (SSSR count). The van der Waals surface area contributed by atoms with E-state index in [1.54, 1.807) is 12.1 Å². The van der Waals surface area contributed by atoms with E-state index in [2.05, 4.69) is 10.6 Å². The van der Waals surface area contributed by atoms with Gasteiger partial charge in [-0.1, -0.05) is 45.1 Å². The summed E-state index contributed by atoms with van der Waals surface area (Å²) in [6, 6.07) is 5.65. The van der Waals surface area contributed by atoms with E-state index in [0.29, 0.717) is 25.7 Å². The lowest BCUT2D eigenvalue weighted by atomic mass is 9.86. The van der Waals surface area contributed by atoms with Crippen molar-refractivity contribution in [2.45, 2.75) is 58.9 Å². The van der Waals surface area contributed by atoms with Crippen molar-refractivity contribution in [3.05, 3.63) is 47.8 Å². The molecule has 8 heteroatoms. The minimum atomic E-state index is -0.578. The second kappa shape index (κ2) is 13.2. The molecule has 1 aliphatic heterocycles. The summed E-state index contributed by atoms with van der Waals surface area (Å²) in [5, 5.41) is 14.5. The number of amides is 2. The first kappa shape index (κ1) is 27.5. The van der Waals surface area contributed by atoms with Gasteiger partial charge < -0.3 is 20.5 Å². The number of hydrogen-bond acceptors (Lipinski definition) is 5. The van der Waals surface area contributed by atoms with Gasteiger partial charge in [0.25, 0.3) is 0 Å². The molecule has 0 bridgehead atoms. The van der Waals surface area contributed by atoms with Gasteiger partial charge in [0.2, 0.25) is 11.8 Å². The molecule has 0 aliphatic carbocycles. The molecule has 188 valence electrons. The monoisotopic (exact) mass is 476 g/mol. The third-order valence-corrected chi connectivity index (χ3v) is 5.99. The molecule has 3 N–H and O–H groups in total. The van der Waals surface area contributed by atoms with E-state index in [9.17, 15) is 18.8 Å². The lowest BCUT2D eigenvalue weighted by Gasteiger charge is -2.32. The molecular formula is C26H37FN2O5. The number of halogens is 1. The van der Waals surface area contributed by atoms with Crippen molar-refractivity contribution in [2.75, 3.05) is 19.8 Å². The van der Waals surface area contributed by atoms with E-state index < -0.39 is 17.9 Å². The van der Waals surface area contributed by atoms with Crippen molar-refractivity contribution in [2.24, 2.45) is 17.3 Å². The fraction of sp³-hybridized carbons (Fsp3) is 0.577. The van der Waals surface area contributed by atoms with Crippen molar-refractivity contribution < 1.29 is 28.6 Å². The first-order valence-corrected chi connectivity index (χ1v) is 11.8. The lowest BCUT2D eigenvalue weighted by Crippen LogP contribution is -2.49. The SMILES string of the molecule is CC(C)(C)[C@@H]1COC(=O)[C@H](Cc2ccc(F)cc2)CC/C=C\C[C@@H](CC(=O)NCCO)C(=O)N1. The topological polar surface area (TPSA) is 105 Å². The number of aliphatic hydroxyl groups excluding tert-OH is 1. The van der Waals surface area contributed by atoms with Crippen LogP contribution in [-0.4, -0.2) is 48.7 Å². The van der Waals surface area contributed by atoms with E-state index in [4.69, 9.17) is 9.84 Å². The maximum Gasteiger partial charge on any atom is 0.309 e. The number of aliphatic hydroxyl groups is 1. The van der Waals surface area contributed by atoms with Crippen LogP contribution in [0.3, 0.4) is 0 Å². The Morgan fingerprint density at radius 2 is 1.88 bits per heavy atom. The fourth-order valence-electron chi connectivity index (χ4n) is 3.74. The summed E-state index contributed by atoms with van der Waals surface area (Å²) >= 11 is 0. The predicted molar refractivity (Wildman–Crippen MR) is 127 cm³/mol. The molecule has 2 amide bonds. The number of rotatable bonds is 6. The molecule has 1 aromatic rings. The summed E-state index contributed by atoms with van der Waals surface area (Å²) in [7, 11) is 0. The van der Waals surface area contributed by atoms with Gasteiger partial charge in [0.1, 0.15) is 12.4 Å². The zero-order valence-corrected chi connectivity index (χ0v) is 20.3. The Labute approximate surface area is 201 Å². The van der Waals surface area contributed by atoms with Crippen LogP contribution < -0.4 is 10.6 Å². The van der Waals surface area contributed by atoms with Crippen LogP contribution in [0.25, 0.3) is 0 Å². The molecule has 1 aliphatic rings. The Bertz CT molecular complexity index is 848. The molecule has 0 spiro atoms. The van der Waals surface area contributed by atoms with Gasteiger partial charge in [0.15, 0.2) is 0 Å². The normalized spacial score (nSPS) is 23.5. The molecule has 0 saturated carbocycles. The summed E-state index contributed by atoms with van der Waals surface area (Å²) in [6.45, 7) is 5.83. The zero-order chi connectivity index (χ0) is 25.1. The standard InChI is InChI=1S/C26H37FN2O5/c1-26(2,3)22-17-34-25(33)20(15-18-9-11-21(27)12-10-18)8-6-4-5-7-19(24(32)29-22)16-23(31)28-13-14-30/h4-5,9-12,19-20,22,30H,6-8,13-17H2,1-3H3,(H,28,31)(H,29,32)/b5-4-/t19-,20-,22-/m0/s1. The van der Waals surface area contributed by atoms with Crippen LogP contribution in [0.15, 0.2) is 36.4 Å². The highest BCUT2D eigenvalue weighted by Gasteiger charge is 2.32. The van der Waals surface area contributed by atoms with Crippen molar-refractivity contribution in [1.29, 1.82) is 0 Å². The molecule has 0 radical (unpaired) electrons. The van der Waals surface area contributed by atoms with Crippen LogP contribution in [0.5, 0.6) is 0 Å². The minimum Gasteiger partial charge on any atom is -0.463 e. The molecular weight excluding hydrogens is 439 g/mol. The van der Waals surface area contributed by atoms with Crippen molar-refractivity contribution in [1.82, 2.24) is 10.6 Å². The number of cyclic esters (lactones) is 1. The maximum absolute atomic E-state index is 13.3. The summed E-state index contributed by atoms with van der Waals surface area (Å²) < 4.78 is 18.9. The molecule has 3 atom stereocenters.